The molecule has 1 aliphatic rings. The average molecular weight is 473 g/mol. The molecule has 6 nitrogen and oxygen atoms in total. The number of ether oxygens (including phenoxy) is 1. The van der Waals surface area contributed by atoms with Gasteiger partial charge in [0, 0.05) is 29.9 Å². The van der Waals surface area contributed by atoms with Crippen LogP contribution in [0.5, 0.6) is 5.75 Å². The number of hydrogen-bond donors (Lipinski definition) is 1. The second-order valence-corrected chi connectivity index (χ2v) is 10.8. The number of amides is 1. The van der Waals surface area contributed by atoms with E-state index in [1.807, 2.05) is 12.1 Å². The van der Waals surface area contributed by atoms with Crippen LogP contribution in [0.1, 0.15) is 41.6 Å². The smallest absolute Gasteiger partial charge is 0.251 e. The van der Waals surface area contributed by atoms with Crippen LogP contribution in [0.4, 0.5) is 0 Å². The monoisotopic (exact) mass is 472 g/mol. The number of carbonyl (C=O) groups excluding carboxylic acids is 1. The van der Waals surface area contributed by atoms with Gasteiger partial charge in [0.05, 0.1) is 7.11 Å². The van der Waals surface area contributed by atoms with Gasteiger partial charge >= 0.3 is 0 Å². The van der Waals surface area contributed by atoms with Crippen molar-refractivity contribution in [1.82, 2.24) is 9.62 Å². The van der Waals surface area contributed by atoms with Crippen molar-refractivity contribution in [1.29, 1.82) is 0 Å². The molecule has 1 fully saturated rings. The van der Waals surface area contributed by atoms with E-state index in [9.17, 15) is 13.2 Å². The quantitative estimate of drug-likeness (QED) is 0.551. The molecule has 1 aliphatic heterocycles. The van der Waals surface area contributed by atoms with Gasteiger partial charge in [0.15, 0.2) is 0 Å². The lowest BCUT2D eigenvalue weighted by Gasteiger charge is -2.21. The molecule has 170 valence electrons. The van der Waals surface area contributed by atoms with Gasteiger partial charge in [0.25, 0.3) is 5.91 Å². The summed E-state index contributed by atoms with van der Waals surface area (Å²) in [4.78, 5) is 12.8. The third kappa shape index (κ3) is 4.82. The van der Waals surface area contributed by atoms with E-state index in [-0.39, 0.29) is 16.6 Å². The van der Waals surface area contributed by atoms with E-state index in [2.05, 4.69) is 22.8 Å². The van der Waals surface area contributed by atoms with Crippen LogP contribution in [-0.2, 0) is 16.4 Å². The maximum atomic E-state index is 13.3. The van der Waals surface area contributed by atoms with Crippen LogP contribution < -0.4 is 10.1 Å². The second-order valence-electron chi connectivity index (χ2n) is 7.95. The molecule has 0 spiro atoms. The SMILES string of the molecule is COc1ccc(C(=O)NCCc2csc3ccccc23)cc1S(=O)(=O)N1CCCCCC1. The maximum absolute atomic E-state index is 13.3. The van der Waals surface area contributed by atoms with Crippen molar-refractivity contribution in [3.05, 3.63) is 59.0 Å². The molecule has 32 heavy (non-hydrogen) atoms. The van der Waals surface area contributed by atoms with Crippen LogP contribution in [0, 0.1) is 0 Å². The molecule has 0 unspecified atom stereocenters. The summed E-state index contributed by atoms with van der Waals surface area (Å²) in [5.74, 6) is -0.0324. The molecule has 2 aromatic carbocycles. The van der Waals surface area contributed by atoms with E-state index in [0.29, 0.717) is 31.6 Å². The van der Waals surface area contributed by atoms with Gasteiger partial charge in [0.2, 0.25) is 10.0 Å². The Morgan fingerprint density at radius 3 is 2.59 bits per heavy atom. The Kier molecular flexibility index (Phi) is 7.13. The molecule has 0 aliphatic carbocycles. The summed E-state index contributed by atoms with van der Waals surface area (Å²) >= 11 is 1.69. The van der Waals surface area contributed by atoms with Gasteiger partial charge < -0.3 is 10.1 Å². The topological polar surface area (TPSA) is 75.7 Å². The Morgan fingerprint density at radius 1 is 1.09 bits per heavy atom. The number of fused-ring (bicyclic) bond motifs is 1. The highest BCUT2D eigenvalue weighted by molar-refractivity contribution is 7.89. The van der Waals surface area contributed by atoms with Crippen LogP contribution in [-0.4, -0.2) is 45.4 Å². The van der Waals surface area contributed by atoms with Crippen LogP contribution in [0.2, 0.25) is 0 Å². The zero-order valence-corrected chi connectivity index (χ0v) is 19.8. The Hall–Kier alpha value is -2.42. The van der Waals surface area contributed by atoms with E-state index in [1.165, 1.54) is 33.1 Å². The maximum Gasteiger partial charge on any atom is 0.251 e. The van der Waals surface area contributed by atoms with Gasteiger partial charge in [-0.3, -0.25) is 4.79 Å². The zero-order valence-electron chi connectivity index (χ0n) is 18.2. The molecule has 4 rings (SSSR count). The van der Waals surface area contributed by atoms with Gasteiger partial charge in [-0.1, -0.05) is 31.0 Å². The summed E-state index contributed by atoms with van der Waals surface area (Å²) in [6, 6.07) is 12.8. The highest BCUT2D eigenvalue weighted by Gasteiger charge is 2.29. The number of hydrogen-bond acceptors (Lipinski definition) is 5. The molecule has 1 N–H and O–H groups in total. The Labute approximate surface area is 193 Å². The standard InChI is InChI=1S/C24H28N2O4S2/c1-30-21-11-10-18(16-23(21)32(28,29)26-14-6-2-3-7-15-26)24(27)25-13-12-19-17-31-22-9-5-4-8-20(19)22/h4-5,8-11,16-17H,2-3,6-7,12-15H2,1H3,(H,25,27). The molecule has 1 aromatic heterocycles. The molecular formula is C24H28N2O4S2. The van der Waals surface area contributed by atoms with E-state index in [0.717, 1.165) is 25.7 Å². The molecule has 1 saturated heterocycles. The van der Waals surface area contributed by atoms with Crippen molar-refractivity contribution >= 4 is 37.4 Å². The fourth-order valence-electron chi connectivity index (χ4n) is 4.08. The minimum absolute atomic E-state index is 0.0541. The predicted octanol–water partition coefficient (Wildman–Crippen LogP) is 4.45. The highest BCUT2D eigenvalue weighted by atomic mass is 32.2. The fourth-order valence-corrected chi connectivity index (χ4v) is 6.78. The van der Waals surface area contributed by atoms with Crippen molar-refractivity contribution in [3.8, 4) is 5.75 Å². The average Bonchev–Trinajstić information content (AvgIpc) is 3.02. The van der Waals surface area contributed by atoms with E-state index >= 15 is 0 Å². The summed E-state index contributed by atoms with van der Waals surface area (Å²) in [6.07, 6.45) is 4.47. The summed E-state index contributed by atoms with van der Waals surface area (Å²) in [6.45, 7) is 1.47. The van der Waals surface area contributed by atoms with Crippen LogP contribution in [0.25, 0.3) is 10.1 Å². The summed E-state index contributed by atoms with van der Waals surface area (Å²) in [5.41, 5.74) is 1.51. The number of thiophene rings is 1. The van der Waals surface area contributed by atoms with Crippen LogP contribution >= 0.6 is 11.3 Å². The lowest BCUT2D eigenvalue weighted by atomic mass is 10.1. The first-order valence-corrected chi connectivity index (χ1v) is 13.2. The number of carbonyl (C=O) groups is 1. The van der Waals surface area contributed by atoms with E-state index in [1.54, 1.807) is 23.5 Å². The first-order chi connectivity index (χ1) is 15.5. The second kappa shape index (κ2) is 10.0. The van der Waals surface area contributed by atoms with Crippen molar-refractivity contribution in [3.63, 3.8) is 0 Å². The third-order valence-electron chi connectivity index (χ3n) is 5.85. The molecule has 0 saturated carbocycles. The van der Waals surface area contributed by atoms with Gasteiger partial charge in [0.1, 0.15) is 10.6 Å². The lowest BCUT2D eigenvalue weighted by molar-refractivity contribution is 0.0954. The number of sulfonamides is 1. The number of nitrogens with one attached hydrogen (secondary N) is 1. The van der Waals surface area contributed by atoms with Crippen molar-refractivity contribution in [2.45, 2.75) is 37.0 Å². The highest BCUT2D eigenvalue weighted by Crippen LogP contribution is 2.30. The summed E-state index contributed by atoms with van der Waals surface area (Å²) < 4.78 is 34.7. The van der Waals surface area contributed by atoms with Crippen molar-refractivity contribution in [2.24, 2.45) is 0 Å². The third-order valence-corrected chi connectivity index (χ3v) is 8.78. The Morgan fingerprint density at radius 2 is 1.84 bits per heavy atom. The van der Waals surface area contributed by atoms with E-state index < -0.39 is 10.0 Å². The van der Waals surface area contributed by atoms with E-state index in [4.69, 9.17) is 4.74 Å². The van der Waals surface area contributed by atoms with Gasteiger partial charge in [-0.15, -0.1) is 11.3 Å². The largest absolute Gasteiger partial charge is 0.495 e. The first-order valence-electron chi connectivity index (χ1n) is 10.9. The normalized spacial score (nSPS) is 15.4. The number of methoxy groups -OCH3 is 1. The molecule has 2 heterocycles. The minimum Gasteiger partial charge on any atom is -0.495 e. The zero-order chi connectivity index (χ0) is 22.6. The lowest BCUT2D eigenvalue weighted by Crippen LogP contribution is -2.32. The molecular weight excluding hydrogens is 444 g/mol. The Balaban J connectivity index is 1.49. The van der Waals surface area contributed by atoms with Gasteiger partial charge in [-0.2, -0.15) is 4.31 Å². The molecule has 3 aromatic rings. The van der Waals surface area contributed by atoms with Crippen LogP contribution in [0.15, 0.2) is 52.7 Å². The number of nitrogens with zero attached hydrogens (tertiary/aromatic N) is 1. The van der Waals surface area contributed by atoms with Gasteiger partial charge in [-0.25, -0.2) is 8.42 Å². The summed E-state index contributed by atoms with van der Waals surface area (Å²) in [7, 11) is -2.29. The minimum atomic E-state index is -3.73. The molecule has 0 bridgehead atoms. The first kappa shape index (κ1) is 22.8. The molecule has 0 radical (unpaired) electrons. The predicted molar refractivity (Wildman–Crippen MR) is 128 cm³/mol. The van der Waals surface area contributed by atoms with Crippen LogP contribution in [0.3, 0.4) is 0 Å². The molecule has 0 atom stereocenters. The van der Waals surface area contributed by atoms with Crippen molar-refractivity contribution in [2.75, 3.05) is 26.7 Å². The fraction of sp³-hybridized carbons (Fsp3) is 0.375. The van der Waals surface area contributed by atoms with Crippen molar-refractivity contribution < 1.29 is 17.9 Å². The number of benzene rings is 2. The molecule has 8 heteroatoms. The number of rotatable bonds is 7. The van der Waals surface area contributed by atoms with Gasteiger partial charge in [-0.05, 0) is 59.9 Å². The Bertz CT molecular complexity index is 1200. The molecule has 1 amide bonds. The summed E-state index contributed by atoms with van der Waals surface area (Å²) in [5, 5.41) is 6.26.